The first-order valence-corrected chi connectivity index (χ1v) is 9.18. The van der Waals surface area contributed by atoms with Crippen molar-refractivity contribution in [3.8, 4) is 0 Å². The topological polar surface area (TPSA) is 98.5 Å². The summed E-state index contributed by atoms with van der Waals surface area (Å²) in [6.07, 6.45) is 0.790. The number of rotatable bonds is 7. The molecule has 2 rings (SSSR count). The van der Waals surface area contributed by atoms with Gasteiger partial charge in [-0.05, 0) is 49.1 Å². The number of nitro benzene ring substituents is 1. The summed E-state index contributed by atoms with van der Waals surface area (Å²) >= 11 is 1.19. The van der Waals surface area contributed by atoms with E-state index in [1.165, 1.54) is 48.2 Å². The van der Waals surface area contributed by atoms with E-state index < -0.39 is 28.7 Å². The quantitative estimate of drug-likeness (QED) is 0.331. The Hall–Kier alpha value is -2.94. The molecule has 7 nitrogen and oxygen atoms in total. The van der Waals surface area contributed by atoms with Gasteiger partial charge in [0.15, 0.2) is 6.10 Å². The van der Waals surface area contributed by atoms with Crippen molar-refractivity contribution < 1.29 is 23.6 Å². The van der Waals surface area contributed by atoms with E-state index in [9.17, 15) is 24.1 Å². The molecule has 0 aliphatic carbocycles. The fourth-order valence-corrected chi connectivity index (χ4v) is 2.78. The highest BCUT2D eigenvalue weighted by Crippen LogP contribution is 2.28. The van der Waals surface area contributed by atoms with Gasteiger partial charge in [-0.1, -0.05) is 6.92 Å². The molecule has 0 aliphatic heterocycles. The third-order valence-electron chi connectivity index (χ3n) is 3.64. The van der Waals surface area contributed by atoms with Crippen LogP contribution in [0.2, 0.25) is 0 Å². The molecule has 0 heterocycles. The Labute approximate surface area is 159 Å². The summed E-state index contributed by atoms with van der Waals surface area (Å²) < 4.78 is 18.1. The number of hydrogen-bond acceptors (Lipinski definition) is 6. The third-order valence-corrected chi connectivity index (χ3v) is 4.42. The van der Waals surface area contributed by atoms with Gasteiger partial charge < -0.3 is 10.1 Å². The molecule has 0 unspecified atom stereocenters. The highest BCUT2D eigenvalue weighted by atomic mass is 32.2. The van der Waals surface area contributed by atoms with Crippen molar-refractivity contribution in [1.82, 2.24) is 0 Å². The zero-order chi connectivity index (χ0) is 20.0. The number of halogens is 1. The molecule has 1 atom stereocenters. The molecule has 0 aromatic heterocycles. The first-order chi connectivity index (χ1) is 12.8. The molecule has 0 saturated carbocycles. The van der Waals surface area contributed by atoms with Crippen molar-refractivity contribution >= 4 is 35.0 Å². The van der Waals surface area contributed by atoms with Crippen LogP contribution in [0.4, 0.5) is 15.8 Å². The largest absolute Gasteiger partial charge is 0.449 e. The summed E-state index contributed by atoms with van der Waals surface area (Å²) in [5, 5.41) is 13.6. The molecule has 0 saturated heterocycles. The van der Waals surface area contributed by atoms with Gasteiger partial charge in [0.1, 0.15) is 5.82 Å². The maximum atomic E-state index is 12.9. The second-order valence-electron chi connectivity index (χ2n) is 5.44. The average Bonchev–Trinajstić information content (AvgIpc) is 2.66. The lowest BCUT2D eigenvalue weighted by atomic mass is 10.2. The Morgan fingerprint density at radius 3 is 2.48 bits per heavy atom. The van der Waals surface area contributed by atoms with Crippen LogP contribution in [-0.2, 0) is 9.53 Å². The number of carbonyl (C=O) groups excluding carboxylic acids is 2. The summed E-state index contributed by atoms with van der Waals surface area (Å²) in [6, 6.07) is 9.13. The number of amides is 1. The molecule has 0 fully saturated rings. The molecule has 27 heavy (non-hydrogen) atoms. The number of ether oxygens (including phenoxy) is 1. The second kappa shape index (κ2) is 9.13. The molecule has 2 aromatic carbocycles. The molecule has 0 aliphatic rings. The summed E-state index contributed by atoms with van der Waals surface area (Å²) in [5.74, 6) is -1.86. The van der Waals surface area contributed by atoms with Crippen LogP contribution in [0.1, 0.15) is 23.7 Å². The van der Waals surface area contributed by atoms with Gasteiger partial charge in [0.2, 0.25) is 0 Å². The van der Waals surface area contributed by atoms with E-state index in [0.29, 0.717) is 10.6 Å². The monoisotopic (exact) mass is 392 g/mol. The molecule has 9 heteroatoms. The van der Waals surface area contributed by atoms with Crippen LogP contribution in [0.3, 0.4) is 0 Å². The number of anilines is 1. The SMILES string of the molecule is CC[C@H](OC(=O)c1ccc(SC)c([N+](=O)[O-])c1)C(=O)Nc1ccc(F)cc1. The Balaban J connectivity index is 2.12. The van der Waals surface area contributed by atoms with E-state index in [0.717, 1.165) is 6.07 Å². The predicted molar refractivity (Wildman–Crippen MR) is 99.4 cm³/mol. The van der Waals surface area contributed by atoms with Gasteiger partial charge in [-0.3, -0.25) is 14.9 Å². The summed E-state index contributed by atoms with van der Waals surface area (Å²) in [5.41, 5.74) is 0.129. The number of nitrogens with zero attached hydrogens (tertiary/aromatic N) is 1. The Kier molecular flexibility index (Phi) is 6.89. The fraction of sp³-hybridized carbons (Fsp3) is 0.222. The number of hydrogen-bond donors (Lipinski definition) is 1. The molecular formula is C18H17FN2O5S. The molecule has 2 aromatic rings. The minimum Gasteiger partial charge on any atom is -0.449 e. The second-order valence-corrected chi connectivity index (χ2v) is 6.29. The summed E-state index contributed by atoms with van der Waals surface area (Å²) in [4.78, 5) is 35.5. The number of esters is 1. The average molecular weight is 392 g/mol. The van der Waals surface area contributed by atoms with E-state index in [1.807, 2.05) is 0 Å². The standard InChI is InChI=1S/C18H17FN2O5S/c1-3-15(17(22)20-13-7-5-12(19)6-8-13)26-18(23)11-4-9-16(27-2)14(10-11)21(24)25/h4-10,15H,3H2,1-2H3,(H,20,22)/t15-/m0/s1. The summed E-state index contributed by atoms with van der Waals surface area (Å²) in [6.45, 7) is 1.65. The highest BCUT2D eigenvalue weighted by molar-refractivity contribution is 7.98. The van der Waals surface area contributed by atoms with Crippen LogP contribution in [-0.4, -0.2) is 29.2 Å². The third kappa shape index (κ3) is 5.27. The van der Waals surface area contributed by atoms with Gasteiger partial charge in [-0.15, -0.1) is 11.8 Å². The van der Waals surface area contributed by atoms with Gasteiger partial charge >= 0.3 is 5.97 Å². The lowest BCUT2D eigenvalue weighted by Gasteiger charge is -2.16. The van der Waals surface area contributed by atoms with Gasteiger partial charge in [-0.25, -0.2) is 9.18 Å². The van der Waals surface area contributed by atoms with Crippen LogP contribution in [0, 0.1) is 15.9 Å². The van der Waals surface area contributed by atoms with Crippen molar-refractivity contribution in [2.75, 3.05) is 11.6 Å². The minimum absolute atomic E-state index is 0.0208. The predicted octanol–water partition coefficient (Wildman–Crippen LogP) is 4.03. The first kappa shape index (κ1) is 20.4. The van der Waals surface area contributed by atoms with E-state index >= 15 is 0 Å². The van der Waals surface area contributed by atoms with Gasteiger partial charge in [0.25, 0.3) is 11.6 Å². The number of nitro groups is 1. The molecule has 0 radical (unpaired) electrons. The van der Waals surface area contributed by atoms with Gasteiger partial charge in [0.05, 0.1) is 15.4 Å². The Morgan fingerprint density at radius 1 is 1.26 bits per heavy atom. The van der Waals surface area contributed by atoms with E-state index in [4.69, 9.17) is 4.74 Å². The van der Waals surface area contributed by atoms with Crippen molar-refractivity contribution in [3.05, 3.63) is 64.0 Å². The zero-order valence-corrected chi connectivity index (χ0v) is 15.4. The van der Waals surface area contributed by atoms with Crippen LogP contribution in [0.5, 0.6) is 0 Å². The molecule has 0 bridgehead atoms. The molecule has 1 N–H and O–H groups in total. The lowest BCUT2D eigenvalue weighted by molar-refractivity contribution is -0.387. The van der Waals surface area contributed by atoms with Crippen LogP contribution in [0.25, 0.3) is 0 Å². The number of nitrogens with one attached hydrogen (secondary N) is 1. The van der Waals surface area contributed by atoms with Gasteiger partial charge in [-0.2, -0.15) is 0 Å². The Morgan fingerprint density at radius 2 is 1.93 bits per heavy atom. The first-order valence-electron chi connectivity index (χ1n) is 7.95. The smallest absolute Gasteiger partial charge is 0.339 e. The van der Waals surface area contributed by atoms with E-state index in [-0.39, 0.29) is 17.7 Å². The van der Waals surface area contributed by atoms with Gasteiger partial charge in [0, 0.05) is 11.8 Å². The molecule has 142 valence electrons. The highest BCUT2D eigenvalue weighted by Gasteiger charge is 2.24. The molecular weight excluding hydrogens is 375 g/mol. The maximum Gasteiger partial charge on any atom is 0.339 e. The fourth-order valence-electron chi connectivity index (χ4n) is 2.24. The maximum absolute atomic E-state index is 12.9. The Bertz CT molecular complexity index is 857. The number of thioether (sulfide) groups is 1. The normalized spacial score (nSPS) is 11.5. The van der Waals surface area contributed by atoms with Crippen molar-refractivity contribution in [2.45, 2.75) is 24.3 Å². The molecule has 1 amide bonds. The lowest BCUT2D eigenvalue weighted by Crippen LogP contribution is -2.32. The minimum atomic E-state index is -1.10. The number of benzene rings is 2. The van der Waals surface area contributed by atoms with Crippen molar-refractivity contribution in [3.63, 3.8) is 0 Å². The van der Waals surface area contributed by atoms with Crippen LogP contribution >= 0.6 is 11.8 Å². The van der Waals surface area contributed by atoms with Crippen molar-refractivity contribution in [2.24, 2.45) is 0 Å². The summed E-state index contributed by atoms with van der Waals surface area (Å²) in [7, 11) is 0. The van der Waals surface area contributed by atoms with Crippen LogP contribution in [0.15, 0.2) is 47.4 Å². The van der Waals surface area contributed by atoms with Crippen LogP contribution < -0.4 is 5.32 Å². The van der Waals surface area contributed by atoms with E-state index in [1.54, 1.807) is 13.2 Å². The van der Waals surface area contributed by atoms with E-state index in [2.05, 4.69) is 5.32 Å². The molecule has 0 spiro atoms. The zero-order valence-electron chi connectivity index (χ0n) is 14.6. The van der Waals surface area contributed by atoms with Crippen molar-refractivity contribution in [1.29, 1.82) is 0 Å². The number of carbonyl (C=O) groups is 2.